The first-order valence-corrected chi connectivity index (χ1v) is 7.92. The highest BCUT2D eigenvalue weighted by Crippen LogP contribution is 2.30. The number of hydrogen-bond donors (Lipinski definition) is 2. The molecule has 20 heavy (non-hydrogen) atoms. The number of hydrogen-bond acceptors (Lipinski definition) is 3. The van der Waals surface area contributed by atoms with Gasteiger partial charge in [0.2, 0.25) is 5.91 Å². The van der Waals surface area contributed by atoms with E-state index in [0.717, 1.165) is 39.0 Å². The van der Waals surface area contributed by atoms with Crippen LogP contribution < -0.4 is 11.1 Å². The number of methoxy groups -OCH3 is 1. The van der Waals surface area contributed by atoms with Crippen LogP contribution in [0.15, 0.2) is 0 Å². The van der Waals surface area contributed by atoms with Gasteiger partial charge in [-0.1, -0.05) is 13.8 Å². The molecular formula is C16H32N2O2. The van der Waals surface area contributed by atoms with E-state index in [1.54, 1.807) is 7.11 Å². The molecule has 1 aliphatic rings. The number of nitrogens with two attached hydrogens (primary N) is 1. The lowest BCUT2D eigenvalue weighted by Gasteiger charge is -2.28. The van der Waals surface area contributed by atoms with Gasteiger partial charge in [0, 0.05) is 26.7 Å². The lowest BCUT2D eigenvalue weighted by molar-refractivity contribution is -0.122. The van der Waals surface area contributed by atoms with Crippen molar-refractivity contribution in [2.75, 3.05) is 26.8 Å². The minimum atomic E-state index is 0.100. The van der Waals surface area contributed by atoms with E-state index in [-0.39, 0.29) is 11.3 Å². The normalized spacial score (nSPS) is 23.6. The van der Waals surface area contributed by atoms with Gasteiger partial charge in [0.15, 0.2) is 0 Å². The fourth-order valence-corrected chi connectivity index (χ4v) is 2.81. The number of rotatable bonds is 8. The second kappa shape index (κ2) is 8.63. The molecule has 0 saturated heterocycles. The molecule has 4 heteroatoms. The third-order valence-corrected chi connectivity index (χ3v) is 4.52. The lowest BCUT2D eigenvalue weighted by atomic mass is 9.80. The highest BCUT2D eigenvalue weighted by atomic mass is 16.5. The van der Waals surface area contributed by atoms with Crippen molar-refractivity contribution < 1.29 is 9.53 Å². The average Bonchev–Trinajstić information content (AvgIpc) is 2.44. The van der Waals surface area contributed by atoms with Gasteiger partial charge in [0.05, 0.1) is 0 Å². The highest BCUT2D eigenvalue weighted by Gasteiger charge is 2.23. The molecular weight excluding hydrogens is 252 g/mol. The predicted molar refractivity (Wildman–Crippen MR) is 82.4 cm³/mol. The van der Waals surface area contributed by atoms with Crippen molar-refractivity contribution in [1.29, 1.82) is 0 Å². The van der Waals surface area contributed by atoms with Crippen molar-refractivity contribution in [3.63, 3.8) is 0 Å². The Morgan fingerprint density at radius 2 is 1.85 bits per heavy atom. The largest absolute Gasteiger partial charge is 0.385 e. The van der Waals surface area contributed by atoms with Gasteiger partial charge in [-0.3, -0.25) is 4.79 Å². The van der Waals surface area contributed by atoms with Gasteiger partial charge in [-0.15, -0.1) is 0 Å². The molecule has 0 aromatic rings. The van der Waals surface area contributed by atoms with E-state index in [0.29, 0.717) is 18.3 Å². The van der Waals surface area contributed by atoms with Crippen molar-refractivity contribution in [3.8, 4) is 0 Å². The van der Waals surface area contributed by atoms with Gasteiger partial charge >= 0.3 is 0 Å². The van der Waals surface area contributed by atoms with Crippen LogP contribution in [0.1, 0.15) is 52.4 Å². The molecule has 4 nitrogen and oxygen atoms in total. The van der Waals surface area contributed by atoms with Gasteiger partial charge in [0.25, 0.3) is 0 Å². The summed E-state index contributed by atoms with van der Waals surface area (Å²) >= 11 is 0. The molecule has 1 fully saturated rings. The summed E-state index contributed by atoms with van der Waals surface area (Å²) in [6.45, 7) is 6.60. The van der Waals surface area contributed by atoms with Crippen LogP contribution >= 0.6 is 0 Å². The molecule has 0 bridgehead atoms. The van der Waals surface area contributed by atoms with Crippen LogP contribution in [0.4, 0.5) is 0 Å². The summed E-state index contributed by atoms with van der Waals surface area (Å²) < 4.78 is 5.10. The van der Waals surface area contributed by atoms with Crippen LogP contribution in [0.5, 0.6) is 0 Å². The molecule has 1 rings (SSSR count). The summed E-state index contributed by atoms with van der Waals surface area (Å²) in [5.41, 5.74) is 5.80. The van der Waals surface area contributed by atoms with E-state index < -0.39 is 0 Å². The third-order valence-electron chi connectivity index (χ3n) is 4.52. The minimum Gasteiger partial charge on any atom is -0.385 e. The maximum Gasteiger partial charge on any atom is 0.220 e. The molecule has 3 N–H and O–H groups in total. The van der Waals surface area contributed by atoms with Crippen molar-refractivity contribution in [2.24, 2.45) is 23.0 Å². The van der Waals surface area contributed by atoms with Gasteiger partial charge in [0.1, 0.15) is 0 Å². The molecule has 1 amide bonds. The molecule has 0 heterocycles. The first kappa shape index (κ1) is 17.4. The van der Waals surface area contributed by atoms with Gasteiger partial charge in [-0.25, -0.2) is 0 Å². The van der Waals surface area contributed by atoms with E-state index in [1.165, 1.54) is 12.8 Å². The lowest BCUT2D eigenvalue weighted by Crippen LogP contribution is -2.36. The van der Waals surface area contributed by atoms with Crippen molar-refractivity contribution in [1.82, 2.24) is 5.32 Å². The van der Waals surface area contributed by atoms with E-state index in [1.807, 2.05) is 0 Å². The molecule has 0 aromatic carbocycles. The monoisotopic (exact) mass is 284 g/mol. The number of carbonyl (C=O) groups is 1. The molecule has 0 atom stereocenters. The molecule has 1 saturated carbocycles. The Labute approximate surface area is 123 Å². The summed E-state index contributed by atoms with van der Waals surface area (Å²) in [5.74, 6) is 1.44. The highest BCUT2D eigenvalue weighted by molar-refractivity contribution is 5.76. The van der Waals surface area contributed by atoms with Crippen molar-refractivity contribution in [2.45, 2.75) is 52.4 Å². The van der Waals surface area contributed by atoms with Crippen molar-refractivity contribution in [3.05, 3.63) is 0 Å². The Kier molecular flexibility index (Phi) is 7.52. The van der Waals surface area contributed by atoms with Crippen LogP contribution in [0.2, 0.25) is 0 Å². The summed E-state index contributed by atoms with van der Waals surface area (Å²) in [5, 5.41) is 3.09. The quantitative estimate of drug-likeness (QED) is 0.719. The fourth-order valence-electron chi connectivity index (χ4n) is 2.81. The molecule has 0 aromatic heterocycles. The Hall–Kier alpha value is -0.610. The summed E-state index contributed by atoms with van der Waals surface area (Å²) in [4.78, 5) is 12.0. The maximum atomic E-state index is 12.0. The Morgan fingerprint density at radius 1 is 1.25 bits per heavy atom. The first-order chi connectivity index (χ1) is 9.46. The van der Waals surface area contributed by atoms with Crippen LogP contribution in [0.3, 0.4) is 0 Å². The predicted octanol–water partition coefficient (Wildman–Crippen LogP) is 2.32. The van der Waals surface area contributed by atoms with Crippen LogP contribution in [0.25, 0.3) is 0 Å². The zero-order valence-electron chi connectivity index (χ0n) is 13.4. The van der Waals surface area contributed by atoms with Gasteiger partial charge < -0.3 is 15.8 Å². The molecule has 0 unspecified atom stereocenters. The smallest absolute Gasteiger partial charge is 0.220 e. The van der Waals surface area contributed by atoms with Gasteiger partial charge in [-0.2, -0.15) is 0 Å². The first-order valence-electron chi connectivity index (χ1n) is 7.92. The van der Waals surface area contributed by atoms with E-state index in [4.69, 9.17) is 10.5 Å². The number of amides is 1. The van der Waals surface area contributed by atoms with Crippen molar-refractivity contribution >= 4 is 5.91 Å². The van der Waals surface area contributed by atoms with Crippen LogP contribution in [-0.4, -0.2) is 32.7 Å². The van der Waals surface area contributed by atoms with E-state index in [2.05, 4.69) is 19.2 Å². The Morgan fingerprint density at radius 3 is 2.40 bits per heavy atom. The van der Waals surface area contributed by atoms with E-state index in [9.17, 15) is 4.79 Å². The van der Waals surface area contributed by atoms with Crippen LogP contribution in [0, 0.1) is 17.3 Å². The molecule has 0 radical (unpaired) electrons. The molecule has 1 aliphatic carbocycles. The fraction of sp³-hybridized carbons (Fsp3) is 0.938. The Balaban J connectivity index is 2.20. The van der Waals surface area contributed by atoms with Crippen LogP contribution in [-0.2, 0) is 9.53 Å². The number of nitrogens with one attached hydrogen (secondary N) is 1. The molecule has 0 spiro atoms. The van der Waals surface area contributed by atoms with E-state index >= 15 is 0 Å². The summed E-state index contributed by atoms with van der Waals surface area (Å²) in [7, 11) is 1.71. The topological polar surface area (TPSA) is 64.3 Å². The van der Waals surface area contributed by atoms with Gasteiger partial charge in [-0.05, 0) is 55.9 Å². The third kappa shape index (κ3) is 6.71. The standard InChI is InChI=1S/C16H32N2O2/c1-16(2,8-9-20-3)12-18-15(19)10-13-4-6-14(11-17)7-5-13/h13-14H,4-12,17H2,1-3H3,(H,18,19). The second-order valence-electron chi connectivity index (χ2n) is 7.01. The summed E-state index contributed by atoms with van der Waals surface area (Å²) in [6, 6.07) is 0. The Bertz CT molecular complexity index is 284. The SMILES string of the molecule is COCCC(C)(C)CNC(=O)CC1CCC(CN)CC1. The average molecular weight is 284 g/mol. The number of carbonyl (C=O) groups excluding carboxylic acids is 1. The zero-order chi connectivity index (χ0) is 15.0. The number of ether oxygens (including phenoxy) is 1. The second-order valence-corrected chi connectivity index (χ2v) is 7.01. The summed E-state index contributed by atoms with van der Waals surface area (Å²) in [6.07, 6.45) is 6.33. The molecule has 118 valence electrons. The maximum absolute atomic E-state index is 12.0. The minimum absolute atomic E-state index is 0.100. The zero-order valence-corrected chi connectivity index (χ0v) is 13.4. The molecule has 0 aliphatic heterocycles.